The number of nitrogens with zero attached hydrogens (tertiary/aromatic N) is 4. The minimum absolute atomic E-state index is 0.572. The van der Waals surface area contributed by atoms with Crippen molar-refractivity contribution in [3.05, 3.63) is 255 Å². The van der Waals surface area contributed by atoms with E-state index in [1.54, 1.807) is 0 Å². The predicted molar refractivity (Wildman–Crippen MR) is 297 cm³/mol. The lowest BCUT2D eigenvalue weighted by molar-refractivity contribution is 0.669. The van der Waals surface area contributed by atoms with Crippen molar-refractivity contribution in [3.63, 3.8) is 0 Å². The van der Waals surface area contributed by atoms with Crippen LogP contribution in [0.2, 0.25) is 0 Å². The van der Waals surface area contributed by atoms with Gasteiger partial charge in [-0.3, -0.25) is 0 Å². The molecule has 0 bridgehead atoms. The zero-order valence-corrected chi connectivity index (χ0v) is 38.9. The molecular weight excluding hydrogens is 877 g/mol. The summed E-state index contributed by atoms with van der Waals surface area (Å²) in [7, 11) is 0. The van der Waals surface area contributed by atoms with Crippen LogP contribution in [0.3, 0.4) is 0 Å². The van der Waals surface area contributed by atoms with Crippen LogP contribution in [0.25, 0.3) is 139 Å². The predicted octanol–water partition coefficient (Wildman–Crippen LogP) is 17.7. The van der Waals surface area contributed by atoms with Gasteiger partial charge >= 0.3 is 0 Å². The van der Waals surface area contributed by atoms with Gasteiger partial charge in [-0.15, -0.1) is 0 Å². The van der Waals surface area contributed by atoms with Gasteiger partial charge in [-0.05, 0) is 104 Å². The molecule has 0 atom stereocenters. The van der Waals surface area contributed by atoms with Crippen molar-refractivity contribution >= 4 is 54.5 Å². The van der Waals surface area contributed by atoms with Crippen molar-refractivity contribution in [1.29, 1.82) is 0 Å². The normalized spacial score (nSPS) is 11.6. The molecule has 0 amide bonds. The molecule has 336 valence electrons. The Morgan fingerprint density at radius 2 is 0.792 bits per heavy atom. The Bertz CT molecular complexity index is 4280. The fourth-order valence-corrected chi connectivity index (χ4v) is 10.7. The number of rotatable bonds is 8. The Kier molecular flexibility index (Phi) is 9.78. The largest absolute Gasteiger partial charge is 0.456 e. The molecule has 0 unspecified atom stereocenters. The number of fused-ring (bicyclic) bond motifs is 7. The number of aromatic nitrogens is 4. The first-order valence-corrected chi connectivity index (χ1v) is 24.3. The van der Waals surface area contributed by atoms with Gasteiger partial charge in [0, 0.05) is 43.8 Å². The lowest BCUT2D eigenvalue weighted by Crippen LogP contribution is -2.03. The van der Waals surface area contributed by atoms with Gasteiger partial charge in [0.25, 0.3) is 0 Å². The fourth-order valence-electron chi connectivity index (χ4n) is 10.7. The van der Waals surface area contributed by atoms with E-state index in [9.17, 15) is 0 Å². The van der Waals surface area contributed by atoms with Crippen molar-refractivity contribution in [3.8, 4) is 84.4 Å². The van der Waals surface area contributed by atoms with Crippen LogP contribution in [0.1, 0.15) is 0 Å². The maximum Gasteiger partial charge on any atom is 0.164 e. The van der Waals surface area contributed by atoms with Crippen LogP contribution < -0.4 is 0 Å². The van der Waals surface area contributed by atoms with Crippen molar-refractivity contribution in [2.45, 2.75) is 0 Å². The Balaban J connectivity index is 1.06. The van der Waals surface area contributed by atoms with Crippen LogP contribution in [-0.2, 0) is 0 Å². The first kappa shape index (κ1) is 41.3. The molecule has 3 heterocycles. The molecule has 5 heteroatoms. The van der Waals surface area contributed by atoms with Crippen molar-refractivity contribution in [1.82, 2.24) is 19.5 Å². The molecule has 0 saturated heterocycles. The molecule has 0 N–H and O–H groups in total. The standard InChI is InChI=1S/C67H42N4O/c1-4-19-43(20-5-1)50-27-12-14-30-54(50)66-68-65(69-67(70-66)55-31-15-13-28-51(55)44-21-6-2-7-22-44)49-35-37-59(56(41-49)48-36-38-63-57(40-48)53-29-16-17-34-62(53)72-63)71-60-33-18-32-52(45-23-8-3-9-24-45)64(60)58-39-46-25-10-11-26-47(46)42-61(58)71/h1-42H. The molecule has 0 radical (unpaired) electrons. The highest BCUT2D eigenvalue weighted by Crippen LogP contribution is 2.44. The number of benzene rings is 11. The van der Waals surface area contributed by atoms with E-state index in [4.69, 9.17) is 19.4 Å². The second-order valence-electron chi connectivity index (χ2n) is 18.3. The van der Waals surface area contributed by atoms with Gasteiger partial charge in [0.05, 0.1) is 16.7 Å². The van der Waals surface area contributed by atoms with E-state index < -0.39 is 0 Å². The van der Waals surface area contributed by atoms with Gasteiger partial charge in [0.15, 0.2) is 17.5 Å². The molecule has 3 aromatic heterocycles. The molecule has 0 aliphatic carbocycles. The van der Waals surface area contributed by atoms with E-state index in [2.05, 4.69) is 235 Å². The van der Waals surface area contributed by atoms with E-state index in [0.29, 0.717) is 17.5 Å². The Morgan fingerprint density at radius 3 is 1.46 bits per heavy atom. The summed E-state index contributed by atoms with van der Waals surface area (Å²) in [6, 6.07) is 90.0. The fraction of sp³-hybridized carbons (Fsp3) is 0. The average molecular weight is 919 g/mol. The number of hydrogen-bond acceptors (Lipinski definition) is 4. The molecule has 0 spiro atoms. The first-order valence-electron chi connectivity index (χ1n) is 24.3. The van der Waals surface area contributed by atoms with Crippen molar-refractivity contribution in [2.75, 3.05) is 0 Å². The molecule has 14 aromatic rings. The highest BCUT2D eigenvalue weighted by Gasteiger charge is 2.23. The average Bonchev–Trinajstić information content (AvgIpc) is 4.00. The molecule has 5 nitrogen and oxygen atoms in total. The smallest absolute Gasteiger partial charge is 0.164 e. The first-order chi connectivity index (χ1) is 35.7. The highest BCUT2D eigenvalue weighted by atomic mass is 16.3. The van der Waals surface area contributed by atoms with Gasteiger partial charge in [0.2, 0.25) is 0 Å². The van der Waals surface area contributed by atoms with E-state index in [0.717, 1.165) is 88.7 Å². The van der Waals surface area contributed by atoms with Crippen molar-refractivity contribution in [2.24, 2.45) is 0 Å². The molecule has 11 aromatic carbocycles. The van der Waals surface area contributed by atoms with Gasteiger partial charge < -0.3 is 8.98 Å². The van der Waals surface area contributed by atoms with E-state index in [1.165, 1.54) is 32.7 Å². The second-order valence-corrected chi connectivity index (χ2v) is 18.3. The third kappa shape index (κ3) is 6.98. The summed E-state index contributed by atoms with van der Waals surface area (Å²) >= 11 is 0. The molecule has 72 heavy (non-hydrogen) atoms. The van der Waals surface area contributed by atoms with E-state index in [1.807, 2.05) is 24.3 Å². The maximum atomic E-state index is 6.41. The molecule has 0 aliphatic heterocycles. The lowest BCUT2D eigenvalue weighted by Gasteiger charge is -2.17. The van der Waals surface area contributed by atoms with Gasteiger partial charge in [-0.2, -0.15) is 0 Å². The van der Waals surface area contributed by atoms with Crippen molar-refractivity contribution < 1.29 is 4.42 Å². The van der Waals surface area contributed by atoms with Crippen LogP contribution in [0.5, 0.6) is 0 Å². The Labute approximate surface area is 415 Å². The molecule has 14 rings (SSSR count). The summed E-state index contributed by atoms with van der Waals surface area (Å²) in [5.74, 6) is 1.76. The number of hydrogen-bond donors (Lipinski definition) is 0. The van der Waals surface area contributed by atoms with Gasteiger partial charge in [0.1, 0.15) is 11.2 Å². The Morgan fingerprint density at radius 1 is 0.278 bits per heavy atom. The van der Waals surface area contributed by atoms with Crippen LogP contribution >= 0.6 is 0 Å². The monoisotopic (exact) mass is 918 g/mol. The molecular formula is C67H42N4O. The summed E-state index contributed by atoms with van der Waals surface area (Å²) in [6.45, 7) is 0. The second kappa shape index (κ2) is 17.1. The lowest BCUT2D eigenvalue weighted by atomic mass is 9.97. The number of para-hydroxylation sites is 1. The van der Waals surface area contributed by atoms with Gasteiger partial charge in [-0.25, -0.2) is 15.0 Å². The third-order valence-corrected chi connectivity index (χ3v) is 14.1. The zero-order chi connectivity index (χ0) is 47.5. The quantitative estimate of drug-likeness (QED) is 0.152. The molecule has 0 saturated carbocycles. The van der Waals surface area contributed by atoms with E-state index >= 15 is 0 Å². The Hall–Kier alpha value is -9.71. The van der Waals surface area contributed by atoms with Crippen LogP contribution in [-0.4, -0.2) is 19.5 Å². The summed E-state index contributed by atoms with van der Waals surface area (Å²) in [5.41, 5.74) is 16.4. The summed E-state index contributed by atoms with van der Waals surface area (Å²) in [6.07, 6.45) is 0. The SMILES string of the molecule is c1ccc(-c2ccccc2-c2nc(-c3ccc(-n4c5cc6ccccc6cc5c5c(-c6ccccc6)cccc54)c(-c4ccc5oc6ccccc6c5c4)c3)nc(-c3ccccc3-c3ccccc3)n2)cc1. The van der Waals surface area contributed by atoms with Crippen LogP contribution in [0.15, 0.2) is 259 Å². The number of furan rings is 1. The minimum Gasteiger partial charge on any atom is -0.456 e. The third-order valence-electron chi connectivity index (χ3n) is 14.1. The minimum atomic E-state index is 0.572. The van der Waals surface area contributed by atoms with Crippen LogP contribution in [0.4, 0.5) is 0 Å². The zero-order valence-electron chi connectivity index (χ0n) is 38.9. The summed E-state index contributed by atoms with van der Waals surface area (Å²) in [4.78, 5) is 16.2. The summed E-state index contributed by atoms with van der Waals surface area (Å²) in [5, 5.41) is 6.90. The van der Waals surface area contributed by atoms with Crippen LogP contribution in [0, 0.1) is 0 Å². The van der Waals surface area contributed by atoms with E-state index in [-0.39, 0.29) is 0 Å². The summed E-state index contributed by atoms with van der Waals surface area (Å²) < 4.78 is 8.87. The van der Waals surface area contributed by atoms with Gasteiger partial charge in [-0.1, -0.05) is 200 Å². The topological polar surface area (TPSA) is 56.7 Å². The molecule has 0 fully saturated rings. The molecule has 0 aliphatic rings. The maximum absolute atomic E-state index is 6.41. The highest BCUT2D eigenvalue weighted by molar-refractivity contribution is 6.19.